The molecule has 0 N–H and O–H groups in total. The van der Waals surface area contributed by atoms with Crippen molar-refractivity contribution in [3.8, 4) is 0 Å². The topological polar surface area (TPSA) is 0 Å². The van der Waals surface area contributed by atoms with E-state index >= 15 is 0 Å². The number of hydrogen-bond acceptors (Lipinski definition) is 0. The Labute approximate surface area is 47.3 Å². The van der Waals surface area contributed by atoms with E-state index in [9.17, 15) is 0 Å². The summed E-state index contributed by atoms with van der Waals surface area (Å²) >= 11 is 0. The van der Waals surface area contributed by atoms with Gasteiger partial charge in [0, 0.05) is 29.8 Å². The molecule has 7 heavy (non-hydrogen) atoms. The average molecular weight is 106 g/mol. The molecule has 0 aliphatic heterocycles. The third kappa shape index (κ3) is 1.24. The first-order valence-electron chi connectivity index (χ1n) is 2.30. The lowest BCUT2D eigenvalue weighted by atomic mass is 10.2. The number of allylic oxidation sites excluding steroid dienone is 4. The van der Waals surface area contributed by atoms with Gasteiger partial charge in [-0.05, 0) is 0 Å². The van der Waals surface area contributed by atoms with Crippen LogP contribution in [0.15, 0.2) is 23.4 Å². The fourth-order valence-electron chi connectivity index (χ4n) is 0.513. The Morgan fingerprint density at radius 3 is 2.86 bits per heavy atom. The summed E-state index contributed by atoms with van der Waals surface area (Å²) in [4.78, 5) is 0. The minimum Gasteiger partial charge on any atom is 0.00427 e. The molecule has 0 spiro atoms. The van der Waals surface area contributed by atoms with Crippen LogP contribution in [0.2, 0.25) is 0 Å². The maximum Gasteiger partial charge on any atom is 0.174 e. The van der Waals surface area contributed by atoms with E-state index in [1.54, 1.807) is 0 Å². The monoisotopic (exact) mass is 106 g/mol. The smallest absolute Gasteiger partial charge is 0.00427 e. The zero-order chi connectivity index (χ0) is 5.11. The van der Waals surface area contributed by atoms with Gasteiger partial charge in [-0.3, -0.25) is 0 Å². The molecule has 1 rings (SSSR count). The van der Waals surface area contributed by atoms with Crippen LogP contribution in [0.4, 0.5) is 0 Å². The summed E-state index contributed by atoms with van der Waals surface area (Å²) in [5.41, 5.74) is 0. The highest BCUT2D eigenvalue weighted by molar-refractivity contribution is 6.21. The molecule has 1 aliphatic carbocycles. The molecular weight excluding hydrogens is 100 g/mol. The maximum atomic E-state index is 3.41. The highest BCUT2D eigenvalue weighted by atomic mass is 28.1. The summed E-state index contributed by atoms with van der Waals surface area (Å²) in [7, 11) is 3.41. The minimum atomic E-state index is 1.05. The molecular formula is C6H6Si+. The lowest BCUT2D eigenvalue weighted by Crippen LogP contribution is -1.83. The lowest BCUT2D eigenvalue weighted by Gasteiger charge is -1.88. The SMILES string of the molecule is [Si]C1=C[CH+]C=CC1. The second kappa shape index (κ2) is 2.03. The van der Waals surface area contributed by atoms with Gasteiger partial charge in [0.15, 0.2) is 10.2 Å². The van der Waals surface area contributed by atoms with Gasteiger partial charge in [0.1, 0.15) is 0 Å². The minimum absolute atomic E-state index is 1.05. The molecule has 0 heterocycles. The number of rotatable bonds is 0. The third-order valence-corrected chi connectivity index (χ3v) is 1.25. The van der Waals surface area contributed by atoms with Crippen molar-refractivity contribution in [1.82, 2.24) is 0 Å². The van der Waals surface area contributed by atoms with Gasteiger partial charge in [-0.25, -0.2) is 0 Å². The van der Waals surface area contributed by atoms with E-state index in [0.717, 1.165) is 6.42 Å². The van der Waals surface area contributed by atoms with Crippen LogP contribution < -0.4 is 0 Å². The Bertz CT molecular complexity index is 111. The Balaban J connectivity index is 2.50. The largest absolute Gasteiger partial charge is 0.174 e. The fraction of sp³-hybridized carbons (Fsp3) is 0.167. The maximum absolute atomic E-state index is 3.41. The zero-order valence-electron chi connectivity index (χ0n) is 4.02. The molecule has 0 aromatic carbocycles. The van der Waals surface area contributed by atoms with Crippen LogP contribution in [0.5, 0.6) is 0 Å². The first-order valence-corrected chi connectivity index (χ1v) is 2.80. The van der Waals surface area contributed by atoms with Crippen LogP contribution in [0.1, 0.15) is 6.42 Å². The molecule has 0 unspecified atom stereocenters. The number of hydrogen-bond donors (Lipinski definition) is 0. The van der Waals surface area contributed by atoms with Gasteiger partial charge >= 0.3 is 0 Å². The summed E-state index contributed by atoms with van der Waals surface area (Å²) in [6.45, 7) is 0. The Hall–Kier alpha value is -0.433. The van der Waals surface area contributed by atoms with Gasteiger partial charge < -0.3 is 0 Å². The predicted molar refractivity (Wildman–Crippen MR) is 31.9 cm³/mol. The average Bonchev–Trinajstić information content (AvgIpc) is 1.69. The van der Waals surface area contributed by atoms with Crippen LogP contribution in [0, 0.1) is 6.42 Å². The molecule has 1 aliphatic rings. The van der Waals surface area contributed by atoms with Gasteiger partial charge in [-0.2, -0.15) is 0 Å². The molecule has 0 nitrogen and oxygen atoms in total. The second-order valence-corrected chi connectivity index (χ2v) is 2.16. The third-order valence-electron chi connectivity index (χ3n) is 0.882. The summed E-state index contributed by atoms with van der Waals surface area (Å²) in [6, 6.07) is 0. The van der Waals surface area contributed by atoms with Crippen LogP contribution in [0.25, 0.3) is 0 Å². The second-order valence-electron chi connectivity index (χ2n) is 1.52. The van der Waals surface area contributed by atoms with Crippen molar-refractivity contribution in [2.75, 3.05) is 0 Å². The van der Waals surface area contributed by atoms with Crippen molar-refractivity contribution in [1.29, 1.82) is 0 Å². The van der Waals surface area contributed by atoms with E-state index in [0.29, 0.717) is 0 Å². The van der Waals surface area contributed by atoms with Crippen molar-refractivity contribution in [2.24, 2.45) is 0 Å². The van der Waals surface area contributed by atoms with E-state index in [1.165, 1.54) is 5.20 Å². The van der Waals surface area contributed by atoms with Gasteiger partial charge in [-0.1, -0.05) is 0 Å². The summed E-state index contributed by atoms with van der Waals surface area (Å²) in [6.07, 6.45) is 9.28. The lowest BCUT2D eigenvalue weighted by molar-refractivity contribution is 1.30. The van der Waals surface area contributed by atoms with Crippen LogP contribution in [-0.4, -0.2) is 10.2 Å². The van der Waals surface area contributed by atoms with Gasteiger partial charge in [0.25, 0.3) is 0 Å². The summed E-state index contributed by atoms with van der Waals surface area (Å²) in [5.74, 6) is 0. The quantitative estimate of drug-likeness (QED) is 0.321. The molecule has 0 saturated carbocycles. The molecule has 0 aromatic rings. The van der Waals surface area contributed by atoms with E-state index in [2.05, 4.69) is 22.4 Å². The summed E-state index contributed by atoms with van der Waals surface area (Å²) in [5, 5.41) is 1.25. The van der Waals surface area contributed by atoms with Crippen molar-refractivity contribution in [2.45, 2.75) is 6.42 Å². The van der Waals surface area contributed by atoms with Crippen LogP contribution in [-0.2, 0) is 0 Å². The molecule has 0 amide bonds. The van der Waals surface area contributed by atoms with Gasteiger partial charge in [0.05, 0.1) is 6.42 Å². The zero-order valence-corrected chi connectivity index (χ0v) is 5.02. The van der Waals surface area contributed by atoms with Crippen molar-refractivity contribution >= 4 is 10.2 Å². The first-order chi connectivity index (χ1) is 3.39. The molecule has 33 valence electrons. The van der Waals surface area contributed by atoms with Crippen molar-refractivity contribution in [3.63, 3.8) is 0 Å². The molecule has 0 aromatic heterocycles. The van der Waals surface area contributed by atoms with E-state index in [1.807, 2.05) is 12.5 Å². The molecule has 1 heteroatoms. The standard InChI is InChI=1S/C6H6Si/c7-6-4-2-1-3-5-6/h1-4H,5H2/q+1. The predicted octanol–water partition coefficient (Wildman–Crippen LogP) is 1.20. The van der Waals surface area contributed by atoms with Crippen molar-refractivity contribution in [3.05, 3.63) is 29.8 Å². The molecule has 0 fully saturated rings. The van der Waals surface area contributed by atoms with E-state index in [4.69, 9.17) is 0 Å². The fourth-order valence-corrected chi connectivity index (χ4v) is 0.727. The Morgan fingerprint density at radius 2 is 2.57 bits per heavy atom. The first kappa shape index (κ1) is 4.72. The van der Waals surface area contributed by atoms with Crippen molar-refractivity contribution < 1.29 is 0 Å². The Kier molecular flexibility index (Phi) is 1.37. The molecule has 0 bridgehead atoms. The highest BCUT2D eigenvalue weighted by Gasteiger charge is 1.97. The molecule has 3 radical (unpaired) electrons. The Morgan fingerprint density at radius 1 is 1.71 bits per heavy atom. The van der Waals surface area contributed by atoms with E-state index < -0.39 is 0 Å². The summed E-state index contributed by atoms with van der Waals surface area (Å²) < 4.78 is 0. The van der Waals surface area contributed by atoms with Gasteiger partial charge in [-0.15, -0.1) is 0 Å². The molecule has 0 atom stereocenters. The molecule has 0 saturated heterocycles. The van der Waals surface area contributed by atoms with Crippen LogP contribution >= 0.6 is 0 Å². The van der Waals surface area contributed by atoms with E-state index in [-0.39, 0.29) is 0 Å². The van der Waals surface area contributed by atoms with Gasteiger partial charge in [0.2, 0.25) is 0 Å². The highest BCUT2D eigenvalue weighted by Crippen LogP contribution is 2.04. The van der Waals surface area contributed by atoms with Crippen LogP contribution in [0.3, 0.4) is 0 Å². The normalized spacial score (nSPS) is 18.1.